The van der Waals surface area contributed by atoms with Crippen molar-refractivity contribution in [1.29, 1.82) is 0 Å². The van der Waals surface area contributed by atoms with Crippen LogP contribution >= 0.6 is 0 Å². The molecule has 0 aromatic rings. The van der Waals surface area contributed by atoms with E-state index in [1.807, 2.05) is 13.8 Å². The molecular formula is C15H18O. The number of ketones is 1. The number of allylic oxidation sites excluding steroid dienone is 7. The average molecular weight is 214 g/mol. The summed E-state index contributed by atoms with van der Waals surface area (Å²) in [7, 11) is 0. The second-order valence-electron chi connectivity index (χ2n) is 5.10. The minimum atomic E-state index is 0.0525. The van der Waals surface area contributed by atoms with E-state index in [0.29, 0.717) is 0 Å². The van der Waals surface area contributed by atoms with Gasteiger partial charge in [-0.2, -0.15) is 0 Å². The lowest BCUT2D eigenvalue weighted by atomic mass is 9.68. The van der Waals surface area contributed by atoms with Crippen LogP contribution in [0.2, 0.25) is 0 Å². The summed E-state index contributed by atoms with van der Waals surface area (Å²) in [6.45, 7) is 10.2. The van der Waals surface area contributed by atoms with Crippen molar-refractivity contribution < 1.29 is 4.79 Å². The van der Waals surface area contributed by atoms with E-state index in [1.54, 1.807) is 6.08 Å². The molecule has 0 N–H and O–H groups in total. The molecule has 16 heavy (non-hydrogen) atoms. The zero-order valence-corrected chi connectivity index (χ0v) is 10.3. The summed E-state index contributed by atoms with van der Waals surface area (Å²) in [5.41, 5.74) is 4.53. The minimum Gasteiger partial charge on any atom is -0.290 e. The smallest absolute Gasteiger partial charge is 0.181 e. The van der Waals surface area contributed by atoms with Crippen molar-refractivity contribution in [2.24, 2.45) is 5.41 Å². The molecule has 84 valence electrons. The summed E-state index contributed by atoms with van der Waals surface area (Å²) in [5.74, 6) is 0.145. The average Bonchev–Trinajstić information content (AvgIpc) is 2.24. The van der Waals surface area contributed by atoms with Gasteiger partial charge in [0.25, 0.3) is 0 Å². The quantitative estimate of drug-likeness (QED) is 0.649. The zero-order valence-electron chi connectivity index (χ0n) is 10.3. The molecule has 0 aromatic heterocycles. The van der Waals surface area contributed by atoms with Gasteiger partial charge in [-0.3, -0.25) is 4.79 Å². The van der Waals surface area contributed by atoms with E-state index in [-0.39, 0.29) is 11.2 Å². The van der Waals surface area contributed by atoms with Gasteiger partial charge in [-0.15, -0.1) is 0 Å². The van der Waals surface area contributed by atoms with E-state index >= 15 is 0 Å². The van der Waals surface area contributed by atoms with E-state index in [0.717, 1.165) is 24.0 Å². The summed E-state index contributed by atoms with van der Waals surface area (Å²) in [5, 5.41) is 0. The summed E-state index contributed by atoms with van der Waals surface area (Å²) in [6, 6.07) is 0. The van der Waals surface area contributed by atoms with Crippen molar-refractivity contribution >= 4 is 5.78 Å². The summed E-state index contributed by atoms with van der Waals surface area (Å²) in [6.07, 6.45) is 8.08. The van der Waals surface area contributed by atoms with Gasteiger partial charge in [-0.05, 0) is 43.9 Å². The molecule has 1 heteroatoms. The number of rotatable bonds is 1. The third-order valence-corrected chi connectivity index (χ3v) is 3.77. The molecule has 2 aliphatic carbocycles. The van der Waals surface area contributed by atoms with Crippen molar-refractivity contribution in [2.75, 3.05) is 0 Å². The lowest BCUT2D eigenvalue weighted by Crippen LogP contribution is -2.26. The first-order chi connectivity index (χ1) is 7.44. The topological polar surface area (TPSA) is 17.1 Å². The Morgan fingerprint density at radius 3 is 2.81 bits per heavy atom. The van der Waals surface area contributed by atoms with Crippen molar-refractivity contribution in [2.45, 2.75) is 33.6 Å². The molecule has 2 rings (SSSR count). The van der Waals surface area contributed by atoms with E-state index in [9.17, 15) is 4.79 Å². The van der Waals surface area contributed by atoms with Crippen molar-refractivity contribution in [3.8, 4) is 0 Å². The molecule has 1 nitrogen and oxygen atoms in total. The molecule has 0 heterocycles. The normalized spacial score (nSPS) is 28.9. The fourth-order valence-corrected chi connectivity index (χ4v) is 2.50. The van der Waals surface area contributed by atoms with Crippen LogP contribution in [-0.4, -0.2) is 5.78 Å². The number of hydrogen-bond acceptors (Lipinski definition) is 1. The third kappa shape index (κ3) is 1.60. The first kappa shape index (κ1) is 11.1. The van der Waals surface area contributed by atoms with E-state index < -0.39 is 0 Å². The molecule has 2 aliphatic rings. The molecule has 0 bridgehead atoms. The van der Waals surface area contributed by atoms with Crippen LogP contribution in [0.1, 0.15) is 33.6 Å². The van der Waals surface area contributed by atoms with Gasteiger partial charge in [-0.25, -0.2) is 0 Å². The standard InChI is InChI=1S/C15H18O/c1-10(2)12-5-7-15(4)8-6-14(16)11(3)13(15)9-12/h6,8-9H,1,5,7H2,2-4H3/t15-/m1/s1. The predicted molar refractivity (Wildman–Crippen MR) is 67.1 cm³/mol. The second kappa shape index (κ2) is 3.58. The van der Waals surface area contributed by atoms with E-state index in [4.69, 9.17) is 0 Å². The highest BCUT2D eigenvalue weighted by molar-refractivity contribution is 6.06. The van der Waals surface area contributed by atoms with Crippen LogP contribution < -0.4 is 0 Å². The van der Waals surface area contributed by atoms with Crippen LogP contribution in [0.25, 0.3) is 0 Å². The Labute approximate surface area is 97.2 Å². The largest absolute Gasteiger partial charge is 0.290 e. The molecule has 0 saturated carbocycles. The molecule has 0 amide bonds. The zero-order chi connectivity index (χ0) is 11.9. The molecular weight excluding hydrogens is 196 g/mol. The summed E-state index contributed by atoms with van der Waals surface area (Å²) >= 11 is 0. The molecule has 1 atom stereocenters. The van der Waals surface area contributed by atoms with Gasteiger partial charge < -0.3 is 0 Å². The Kier molecular flexibility index (Phi) is 2.49. The van der Waals surface area contributed by atoms with Gasteiger partial charge in [0.1, 0.15) is 0 Å². The molecule has 0 aliphatic heterocycles. The van der Waals surface area contributed by atoms with E-state index in [2.05, 4.69) is 25.7 Å². The molecule has 0 fully saturated rings. The molecule has 0 radical (unpaired) electrons. The van der Waals surface area contributed by atoms with Gasteiger partial charge in [0.15, 0.2) is 5.78 Å². The third-order valence-electron chi connectivity index (χ3n) is 3.77. The maximum atomic E-state index is 11.7. The maximum Gasteiger partial charge on any atom is 0.181 e. The van der Waals surface area contributed by atoms with Gasteiger partial charge in [0.05, 0.1) is 0 Å². The highest BCUT2D eigenvalue weighted by atomic mass is 16.1. The van der Waals surface area contributed by atoms with Gasteiger partial charge in [0.2, 0.25) is 0 Å². The number of hydrogen-bond donors (Lipinski definition) is 0. The van der Waals surface area contributed by atoms with Crippen molar-refractivity contribution in [1.82, 2.24) is 0 Å². The number of carbonyl (C=O) groups is 1. The Bertz CT molecular complexity index is 460. The Morgan fingerprint density at radius 1 is 1.50 bits per heavy atom. The Morgan fingerprint density at radius 2 is 2.19 bits per heavy atom. The lowest BCUT2D eigenvalue weighted by Gasteiger charge is -2.36. The van der Waals surface area contributed by atoms with Crippen LogP contribution in [0, 0.1) is 5.41 Å². The van der Waals surface area contributed by atoms with Crippen LogP contribution in [0.4, 0.5) is 0 Å². The van der Waals surface area contributed by atoms with Crippen LogP contribution in [0.3, 0.4) is 0 Å². The van der Waals surface area contributed by atoms with E-state index in [1.165, 1.54) is 11.1 Å². The first-order valence-corrected chi connectivity index (χ1v) is 5.75. The molecule has 0 spiro atoms. The van der Waals surface area contributed by atoms with Crippen molar-refractivity contribution in [3.05, 3.63) is 47.1 Å². The fourth-order valence-electron chi connectivity index (χ4n) is 2.50. The monoisotopic (exact) mass is 214 g/mol. The van der Waals surface area contributed by atoms with Gasteiger partial charge >= 0.3 is 0 Å². The molecule has 0 aromatic carbocycles. The van der Waals surface area contributed by atoms with Gasteiger partial charge in [0, 0.05) is 11.0 Å². The first-order valence-electron chi connectivity index (χ1n) is 5.75. The highest BCUT2D eigenvalue weighted by Gasteiger charge is 2.34. The summed E-state index contributed by atoms with van der Waals surface area (Å²) in [4.78, 5) is 11.7. The number of fused-ring (bicyclic) bond motifs is 1. The van der Waals surface area contributed by atoms with Crippen LogP contribution in [0.15, 0.2) is 47.1 Å². The fraction of sp³-hybridized carbons (Fsp3) is 0.400. The number of carbonyl (C=O) groups excluding carboxylic acids is 1. The molecule has 0 saturated heterocycles. The predicted octanol–water partition coefficient (Wildman–Crippen LogP) is 3.74. The second-order valence-corrected chi connectivity index (χ2v) is 5.10. The lowest BCUT2D eigenvalue weighted by molar-refractivity contribution is -0.111. The van der Waals surface area contributed by atoms with Crippen molar-refractivity contribution in [3.63, 3.8) is 0 Å². The van der Waals surface area contributed by atoms with Crippen LogP contribution in [-0.2, 0) is 4.79 Å². The van der Waals surface area contributed by atoms with Crippen LogP contribution in [0.5, 0.6) is 0 Å². The SMILES string of the molecule is C=C(C)C1=CC2=C(C)C(=O)C=C[C@@]2(C)CC1. The maximum absolute atomic E-state index is 11.7. The van der Waals surface area contributed by atoms with Gasteiger partial charge in [-0.1, -0.05) is 31.2 Å². The minimum absolute atomic E-state index is 0.0525. The summed E-state index contributed by atoms with van der Waals surface area (Å²) < 4.78 is 0. The molecule has 0 unspecified atom stereocenters. The Balaban J connectivity index is 2.54. The highest BCUT2D eigenvalue weighted by Crippen LogP contribution is 2.45. The Hall–Kier alpha value is -1.37.